The summed E-state index contributed by atoms with van der Waals surface area (Å²) in [6.45, 7) is 13.1. The quantitative estimate of drug-likeness (QED) is 0.514. The standard InChI is InChI=1S/C21H34N8/c1-4-22-21(24-15-20-25-17-26-27(20)3)23-14-18-8-6-7-9-19(18)16-29-12-10-28(5-2)11-13-29/h6-9,17H,4-5,10-16H2,1-3H3,(H2,22,23,24). The Hall–Kier alpha value is -2.45. The largest absolute Gasteiger partial charge is 0.357 e. The number of hydrogen-bond donors (Lipinski definition) is 2. The van der Waals surface area contributed by atoms with Crippen molar-refractivity contribution >= 4 is 5.96 Å². The molecule has 2 aromatic rings. The van der Waals surface area contributed by atoms with Crippen LogP contribution in [0.25, 0.3) is 0 Å². The molecule has 1 saturated heterocycles. The minimum atomic E-state index is 0.589. The molecular weight excluding hydrogens is 364 g/mol. The van der Waals surface area contributed by atoms with Crippen molar-refractivity contribution < 1.29 is 0 Å². The lowest BCUT2D eigenvalue weighted by atomic mass is 10.1. The highest BCUT2D eigenvalue weighted by atomic mass is 15.3. The summed E-state index contributed by atoms with van der Waals surface area (Å²) < 4.78 is 1.77. The van der Waals surface area contributed by atoms with Crippen LogP contribution >= 0.6 is 0 Å². The first-order valence-corrected chi connectivity index (χ1v) is 10.6. The van der Waals surface area contributed by atoms with Gasteiger partial charge in [0.25, 0.3) is 0 Å². The number of aromatic nitrogens is 3. The zero-order chi connectivity index (χ0) is 20.5. The average Bonchev–Trinajstić information content (AvgIpc) is 3.16. The predicted molar refractivity (Wildman–Crippen MR) is 116 cm³/mol. The highest BCUT2D eigenvalue weighted by Gasteiger charge is 2.16. The van der Waals surface area contributed by atoms with Gasteiger partial charge in [0.15, 0.2) is 5.96 Å². The van der Waals surface area contributed by atoms with Crippen molar-refractivity contribution in [3.8, 4) is 0 Å². The van der Waals surface area contributed by atoms with Gasteiger partial charge in [-0.15, -0.1) is 0 Å². The van der Waals surface area contributed by atoms with Gasteiger partial charge in [-0.25, -0.2) is 9.98 Å². The molecule has 0 atom stereocenters. The minimum Gasteiger partial charge on any atom is -0.357 e. The van der Waals surface area contributed by atoms with Gasteiger partial charge in [-0.2, -0.15) is 5.10 Å². The van der Waals surface area contributed by atoms with Crippen molar-refractivity contribution in [2.75, 3.05) is 39.3 Å². The molecule has 8 nitrogen and oxygen atoms in total. The van der Waals surface area contributed by atoms with Gasteiger partial charge in [0.1, 0.15) is 12.2 Å². The van der Waals surface area contributed by atoms with E-state index in [1.165, 1.54) is 11.1 Å². The van der Waals surface area contributed by atoms with E-state index in [0.717, 1.165) is 57.6 Å². The molecule has 1 aliphatic rings. The van der Waals surface area contributed by atoms with Gasteiger partial charge in [0, 0.05) is 46.3 Å². The second kappa shape index (κ2) is 10.9. The number of likely N-dealkylation sites (N-methyl/N-ethyl adjacent to an activating group) is 1. The van der Waals surface area contributed by atoms with Crippen molar-refractivity contribution in [3.63, 3.8) is 0 Å². The molecule has 1 aromatic carbocycles. The van der Waals surface area contributed by atoms with E-state index in [9.17, 15) is 0 Å². The molecule has 2 heterocycles. The lowest BCUT2D eigenvalue weighted by Gasteiger charge is -2.34. The summed E-state index contributed by atoms with van der Waals surface area (Å²) in [4.78, 5) is 14.1. The zero-order valence-corrected chi connectivity index (χ0v) is 17.9. The molecule has 0 unspecified atom stereocenters. The van der Waals surface area contributed by atoms with E-state index < -0.39 is 0 Å². The third-order valence-electron chi connectivity index (χ3n) is 5.40. The summed E-state index contributed by atoms with van der Waals surface area (Å²) in [5, 5.41) is 10.8. The lowest BCUT2D eigenvalue weighted by Crippen LogP contribution is -2.45. The van der Waals surface area contributed by atoms with E-state index in [-0.39, 0.29) is 0 Å². The van der Waals surface area contributed by atoms with Gasteiger partial charge in [0.2, 0.25) is 0 Å². The molecule has 3 rings (SSSR count). The normalized spacial score (nSPS) is 16.2. The summed E-state index contributed by atoms with van der Waals surface area (Å²) in [6.07, 6.45) is 1.57. The second-order valence-corrected chi connectivity index (χ2v) is 7.33. The van der Waals surface area contributed by atoms with E-state index in [1.54, 1.807) is 11.0 Å². The maximum absolute atomic E-state index is 4.80. The topological polar surface area (TPSA) is 73.6 Å². The molecule has 0 amide bonds. The molecular formula is C21H34N8. The Labute approximate surface area is 174 Å². The summed E-state index contributed by atoms with van der Waals surface area (Å²) in [5.74, 6) is 1.67. The van der Waals surface area contributed by atoms with Gasteiger partial charge in [-0.1, -0.05) is 31.2 Å². The molecule has 2 N–H and O–H groups in total. The van der Waals surface area contributed by atoms with Crippen molar-refractivity contribution in [2.24, 2.45) is 12.0 Å². The van der Waals surface area contributed by atoms with E-state index in [4.69, 9.17) is 4.99 Å². The lowest BCUT2D eigenvalue weighted by molar-refractivity contribution is 0.131. The van der Waals surface area contributed by atoms with E-state index in [2.05, 4.69) is 68.6 Å². The number of guanidine groups is 1. The van der Waals surface area contributed by atoms with Crippen LogP contribution in [-0.2, 0) is 26.7 Å². The Morgan fingerprint density at radius 2 is 1.76 bits per heavy atom. The van der Waals surface area contributed by atoms with E-state index >= 15 is 0 Å². The van der Waals surface area contributed by atoms with Crippen molar-refractivity contribution in [1.82, 2.24) is 35.2 Å². The third-order valence-corrected chi connectivity index (χ3v) is 5.40. The molecule has 0 saturated carbocycles. The van der Waals surface area contributed by atoms with Crippen molar-refractivity contribution in [1.29, 1.82) is 0 Å². The highest BCUT2D eigenvalue weighted by molar-refractivity contribution is 5.79. The van der Waals surface area contributed by atoms with Crippen LogP contribution in [0.5, 0.6) is 0 Å². The van der Waals surface area contributed by atoms with Crippen LogP contribution in [0.4, 0.5) is 0 Å². The average molecular weight is 399 g/mol. The van der Waals surface area contributed by atoms with Gasteiger partial charge >= 0.3 is 0 Å². The Kier molecular flexibility index (Phi) is 8.01. The number of hydrogen-bond acceptors (Lipinski definition) is 5. The molecule has 0 spiro atoms. The third kappa shape index (κ3) is 6.27. The molecule has 0 aliphatic carbocycles. The first-order chi connectivity index (χ1) is 14.2. The van der Waals surface area contributed by atoms with Crippen LogP contribution in [0.2, 0.25) is 0 Å². The van der Waals surface area contributed by atoms with E-state index in [0.29, 0.717) is 13.1 Å². The molecule has 1 fully saturated rings. The minimum absolute atomic E-state index is 0.589. The molecule has 1 aliphatic heterocycles. The van der Waals surface area contributed by atoms with Crippen molar-refractivity contribution in [2.45, 2.75) is 33.5 Å². The van der Waals surface area contributed by atoms with Crippen LogP contribution in [-0.4, -0.2) is 69.8 Å². The highest BCUT2D eigenvalue weighted by Crippen LogP contribution is 2.14. The Balaban J connectivity index is 1.61. The van der Waals surface area contributed by atoms with Crippen LogP contribution in [0.15, 0.2) is 35.6 Å². The monoisotopic (exact) mass is 398 g/mol. The van der Waals surface area contributed by atoms with Crippen molar-refractivity contribution in [3.05, 3.63) is 47.5 Å². The summed E-state index contributed by atoms with van der Waals surface area (Å²) in [6, 6.07) is 8.65. The van der Waals surface area contributed by atoms with E-state index in [1.807, 2.05) is 7.05 Å². The molecule has 29 heavy (non-hydrogen) atoms. The molecule has 1 aromatic heterocycles. The van der Waals surface area contributed by atoms with Crippen LogP contribution < -0.4 is 10.6 Å². The second-order valence-electron chi connectivity index (χ2n) is 7.33. The molecule has 8 heteroatoms. The maximum atomic E-state index is 4.80. The predicted octanol–water partition coefficient (Wildman–Crippen LogP) is 1.21. The maximum Gasteiger partial charge on any atom is 0.191 e. The number of nitrogens with one attached hydrogen (secondary N) is 2. The fourth-order valence-corrected chi connectivity index (χ4v) is 3.52. The number of piperazine rings is 1. The number of benzene rings is 1. The SMILES string of the molecule is CCNC(=NCc1ccccc1CN1CCN(CC)CC1)NCc1ncnn1C. The molecule has 0 bridgehead atoms. The Bertz CT molecular complexity index is 776. The fraction of sp³-hybridized carbons (Fsp3) is 0.571. The summed E-state index contributed by atoms with van der Waals surface area (Å²) in [7, 11) is 1.89. The fourth-order valence-electron chi connectivity index (χ4n) is 3.52. The van der Waals surface area contributed by atoms with Crippen LogP contribution in [0.1, 0.15) is 30.8 Å². The number of nitrogens with zero attached hydrogens (tertiary/aromatic N) is 6. The van der Waals surface area contributed by atoms with Gasteiger partial charge in [-0.05, 0) is 24.6 Å². The Morgan fingerprint density at radius 3 is 2.41 bits per heavy atom. The zero-order valence-electron chi connectivity index (χ0n) is 17.9. The van der Waals surface area contributed by atoms with Crippen LogP contribution in [0, 0.1) is 0 Å². The molecule has 0 radical (unpaired) electrons. The smallest absolute Gasteiger partial charge is 0.191 e. The Morgan fingerprint density at radius 1 is 1.03 bits per heavy atom. The first-order valence-electron chi connectivity index (χ1n) is 10.6. The molecule has 158 valence electrons. The summed E-state index contributed by atoms with van der Waals surface area (Å²) >= 11 is 0. The van der Waals surface area contributed by atoms with Crippen LogP contribution in [0.3, 0.4) is 0 Å². The summed E-state index contributed by atoms with van der Waals surface area (Å²) in [5.41, 5.74) is 2.65. The van der Waals surface area contributed by atoms with Gasteiger partial charge in [0.05, 0.1) is 13.1 Å². The first kappa shape index (κ1) is 21.3. The number of rotatable bonds is 8. The van der Waals surface area contributed by atoms with Gasteiger partial charge in [-0.3, -0.25) is 9.58 Å². The number of aliphatic imine (C=N–C) groups is 1. The number of aryl methyl sites for hydroxylation is 1. The van der Waals surface area contributed by atoms with Gasteiger partial charge < -0.3 is 15.5 Å².